The van der Waals surface area contributed by atoms with E-state index in [9.17, 15) is 0 Å². The lowest BCUT2D eigenvalue weighted by Gasteiger charge is -2.25. The lowest BCUT2D eigenvalue weighted by Crippen LogP contribution is -2.33. The first-order valence-electron chi connectivity index (χ1n) is 5.22. The number of hydrogen-bond donors (Lipinski definition) is 0. The Hall–Kier alpha value is 0.140. The standard InChI is InChI=1S/C11H17BrO2/c1-11(8-12)13-6-9-4-2-3-5-10(9)7-14-11/h2-3,9-10H,4-8H2,1H3/t9-,10+,11?. The summed E-state index contributed by atoms with van der Waals surface area (Å²) in [5.41, 5.74) is 0. The van der Waals surface area contributed by atoms with E-state index in [0.29, 0.717) is 11.8 Å². The number of hydrogen-bond acceptors (Lipinski definition) is 2. The van der Waals surface area contributed by atoms with E-state index in [4.69, 9.17) is 9.47 Å². The molecule has 2 nitrogen and oxygen atoms in total. The minimum atomic E-state index is -0.419. The highest BCUT2D eigenvalue weighted by molar-refractivity contribution is 9.09. The van der Waals surface area contributed by atoms with Crippen LogP contribution in [0.5, 0.6) is 0 Å². The van der Waals surface area contributed by atoms with Gasteiger partial charge in [-0.1, -0.05) is 28.1 Å². The second-order valence-corrected chi connectivity index (χ2v) is 4.91. The summed E-state index contributed by atoms with van der Waals surface area (Å²) < 4.78 is 11.6. The Labute approximate surface area is 93.8 Å². The van der Waals surface area contributed by atoms with E-state index in [0.717, 1.165) is 31.4 Å². The molecule has 80 valence electrons. The fraction of sp³-hybridized carbons (Fsp3) is 0.818. The molecule has 0 N–H and O–H groups in total. The maximum atomic E-state index is 5.81. The van der Waals surface area contributed by atoms with Gasteiger partial charge >= 0.3 is 0 Å². The Morgan fingerprint density at radius 3 is 2.14 bits per heavy atom. The zero-order chi connectivity index (χ0) is 10.0. The third-order valence-electron chi connectivity index (χ3n) is 3.16. The molecule has 0 aromatic heterocycles. The van der Waals surface area contributed by atoms with Gasteiger partial charge in [0.15, 0.2) is 5.79 Å². The van der Waals surface area contributed by atoms with Gasteiger partial charge < -0.3 is 9.47 Å². The van der Waals surface area contributed by atoms with Gasteiger partial charge in [-0.05, 0) is 31.6 Å². The van der Waals surface area contributed by atoms with Crippen LogP contribution >= 0.6 is 15.9 Å². The average Bonchev–Trinajstić information content (AvgIpc) is 2.40. The van der Waals surface area contributed by atoms with Crippen LogP contribution in [-0.4, -0.2) is 24.3 Å². The van der Waals surface area contributed by atoms with Crippen LogP contribution in [0.1, 0.15) is 19.8 Å². The maximum Gasteiger partial charge on any atom is 0.175 e. The molecule has 2 rings (SSSR count). The molecule has 14 heavy (non-hydrogen) atoms. The number of alkyl halides is 1. The van der Waals surface area contributed by atoms with Crippen LogP contribution in [-0.2, 0) is 9.47 Å². The summed E-state index contributed by atoms with van der Waals surface area (Å²) in [5.74, 6) is 0.888. The number of fused-ring (bicyclic) bond motifs is 1. The Kier molecular flexibility index (Phi) is 3.30. The number of ether oxygens (including phenoxy) is 2. The van der Waals surface area contributed by atoms with Crippen LogP contribution < -0.4 is 0 Å². The van der Waals surface area contributed by atoms with E-state index in [2.05, 4.69) is 28.1 Å². The van der Waals surface area contributed by atoms with Crippen molar-refractivity contribution in [1.29, 1.82) is 0 Å². The molecule has 1 heterocycles. The van der Waals surface area contributed by atoms with E-state index in [1.807, 2.05) is 6.92 Å². The Morgan fingerprint density at radius 2 is 1.71 bits per heavy atom. The molecule has 0 amide bonds. The molecule has 0 saturated carbocycles. The summed E-state index contributed by atoms with van der Waals surface area (Å²) in [5, 5.41) is 0.743. The molecule has 1 fully saturated rings. The lowest BCUT2D eigenvalue weighted by atomic mass is 9.84. The fourth-order valence-electron chi connectivity index (χ4n) is 2.02. The molecule has 0 bridgehead atoms. The molecule has 1 saturated heterocycles. The number of allylic oxidation sites excluding steroid dienone is 2. The summed E-state index contributed by atoms with van der Waals surface area (Å²) in [6, 6.07) is 0. The van der Waals surface area contributed by atoms with Crippen molar-refractivity contribution in [3.05, 3.63) is 12.2 Å². The smallest absolute Gasteiger partial charge is 0.175 e. The van der Waals surface area contributed by atoms with Crippen LogP contribution in [0.2, 0.25) is 0 Å². The summed E-state index contributed by atoms with van der Waals surface area (Å²) in [4.78, 5) is 0. The van der Waals surface area contributed by atoms with Gasteiger partial charge in [0.05, 0.1) is 18.5 Å². The molecule has 3 heteroatoms. The molecule has 2 aliphatic rings. The Morgan fingerprint density at radius 1 is 1.21 bits per heavy atom. The third kappa shape index (κ3) is 2.20. The highest BCUT2D eigenvalue weighted by Crippen LogP contribution is 2.32. The van der Waals surface area contributed by atoms with E-state index >= 15 is 0 Å². The summed E-state index contributed by atoms with van der Waals surface area (Å²) in [7, 11) is 0. The Balaban J connectivity index is 2.02. The molecule has 0 spiro atoms. The first-order chi connectivity index (χ1) is 6.73. The van der Waals surface area contributed by atoms with Crippen LogP contribution in [0.4, 0.5) is 0 Å². The van der Waals surface area contributed by atoms with Crippen molar-refractivity contribution < 1.29 is 9.47 Å². The molecule has 1 aliphatic heterocycles. The van der Waals surface area contributed by atoms with Gasteiger partial charge in [-0.25, -0.2) is 0 Å². The van der Waals surface area contributed by atoms with Crippen LogP contribution in [0.15, 0.2) is 12.2 Å². The minimum absolute atomic E-state index is 0.419. The Bertz CT molecular complexity index is 209. The van der Waals surface area contributed by atoms with Crippen molar-refractivity contribution in [1.82, 2.24) is 0 Å². The van der Waals surface area contributed by atoms with Gasteiger partial charge in [0.1, 0.15) is 0 Å². The van der Waals surface area contributed by atoms with Crippen molar-refractivity contribution in [2.45, 2.75) is 25.6 Å². The lowest BCUT2D eigenvalue weighted by molar-refractivity contribution is -0.198. The molecule has 0 radical (unpaired) electrons. The van der Waals surface area contributed by atoms with Crippen LogP contribution in [0.25, 0.3) is 0 Å². The molecule has 0 aromatic rings. The van der Waals surface area contributed by atoms with E-state index in [1.54, 1.807) is 0 Å². The zero-order valence-electron chi connectivity index (χ0n) is 8.54. The van der Waals surface area contributed by atoms with Gasteiger partial charge in [-0.15, -0.1) is 0 Å². The predicted octanol–water partition coefficient (Wildman–Crippen LogP) is 2.73. The molecule has 1 aliphatic carbocycles. The molecular weight excluding hydrogens is 244 g/mol. The van der Waals surface area contributed by atoms with Crippen LogP contribution in [0, 0.1) is 11.8 Å². The monoisotopic (exact) mass is 260 g/mol. The van der Waals surface area contributed by atoms with Crippen molar-refractivity contribution in [3.63, 3.8) is 0 Å². The highest BCUT2D eigenvalue weighted by Gasteiger charge is 2.34. The minimum Gasteiger partial charge on any atom is -0.349 e. The van der Waals surface area contributed by atoms with Crippen molar-refractivity contribution >= 4 is 15.9 Å². The van der Waals surface area contributed by atoms with Crippen molar-refractivity contribution in [3.8, 4) is 0 Å². The molecule has 3 atom stereocenters. The largest absolute Gasteiger partial charge is 0.349 e. The van der Waals surface area contributed by atoms with Crippen molar-refractivity contribution in [2.75, 3.05) is 18.5 Å². The summed E-state index contributed by atoms with van der Waals surface area (Å²) in [6.45, 7) is 3.67. The SMILES string of the molecule is CC1(CBr)OC[C@H]2CC=CC[C@H]2CO1. The maximum absolute atomic E-state index is 5.81. The zero-order valence-corrected chi connectivity index (χ0v) is 10.1. The first kappa shape index (κ1) is 10.7. The third-order valence-corrected chi connectivity index (χ3v) is 4.18. The fourth-order valence-corrected chi connectivity index (χ4v) is 2.34. The van der Waals surface area contributed by atoms with Gasteiger partial charge in [0, 0.05) is 0 Å². The van der Waals surface area contributed by atoms with Crippen molar-refractivity contribution in [2.24, 2.45) is 11.8 Å². The van der Waals surface area contributed by atoms with Gasteiger partial charge in [0.25, 0.3) is 0 Å². The van der Waals surface area contributed by atoms with E-state index in [-0.39, 0.29) is 0 Å². The van der Waals surface area contributed by atoms with E-state index < -0.39 is 5.79 Å². The second kappa shape index (κ2) is 4.33. The highest BCUT2D eigenvalue weighted by atomic mass is 79.9. The van der Waals surface area contributed by atoms with Gasteiger partial charge in [-0.2, -0.15) is 0 Å². The quantitative estimate of drug-likeness (QED) is 0.533. The topological polar surface area (TPSA) is 18.5 Å². The van der Waals surface area contributed by atoms with Gasteiger partial charge in [-0.3, -0.25) is 0 Å². The van der Waals surface area contributed by atoms with E-state index in [1.165, 1.54) is 0 Å². The number of rotatable bonds is 1. The van der Waals surface area contributed by atoms with Crippen LogP contribution in [0.3, 0.4) is 0 Å². The second-order valence-electron chi connectivity index (χ2n) is 4.35. The number of halogens is 1. The first-order valence-corrected chi connectivity index (χ1v) is 6.34. The molecular formula is C11H17BrO2. The predicted molar refractivity (Wildman–Crippen MR) is 59.5 cm³/mol. The molecule has 1 unspecified atom stereocenters. The van der Waals surface area contributed by atoms with Gasteiger partial charge in [0.2, 0.25) is 0 Å². The average molecular weight is 261 g/mol. The summed E-state index contributed by atoms with van der Waals surface area (Å²) in [6.07, 6.45) is 6.82. The summed E-state index contributed by atoms with van der Waals surface area (Å²) >= 11 is 3.44. The molecule has 0 aromatic carbocycles. The normalized spacial score (nSPS) is 43.0.